The molecule has 2 aromatic carbocycles. The molecular formula is C21H24ClN3O4. The molecule has 8 heteroatoms. The molecule has 0 heterocycles. The Balaban J connectivity index is 1.92. The molecule has 2 aromatic rings. The molecular weight excluding hydrogens is 394 g/mol. The third kappa shape index (κ3) is 6.80. The van der Waals surface area contributed by atoms with Crippen LogP contribution in [0.15, 0.2) is 41.5 Å². The topological polar surface area (TPSA) is 89.0 Å². The number of ether oxygens (including phenoxy) is 2. The van der Waals surface area contributed by atoms with Crippen molar-refractivity contribution in [1.82, 2.24) is 10.7 Å². The van der Waals surface area contributed by atoms with Crippen LogP contribution in [0.3, 0.4) is 0 Å². The first-order valence-corrected chi connectivity index (χ1v) is 9.49. The highest BCUT2D eigenvalue weighted by Crippen LogP contribution is 2.36. The number of hydrogen-bond donors (Lipinski definition) is 2. The van der Waals surface area contributed by atoms with Crippen LogP contribution in [-0.4, -0.2) is 31.7 Å². The van der Waals surface area contributed by atoms with Crippen molar-refractivity contribution in [3.05, 3.63) is 58.1 Å². The maximum atomic E-state index is 11.9. The molecule has 0 saturated heterocycles. The highest BCUT2D eigenvalue weighted by Gasteiger charge is 2.13. The Hall–Kier alpha value is -3.06. The van der Waals surface area contributed by atoms with Gasteiger partial charge in [0.15, 0.2) is 11.5 Å². The molecule has 0 atom stereocenters. The van der Waals surface area contributed by atoms with E-state index < -0.39 is 11.8 Å². The summed E-state index contributed by atoms with van der Waals surface area (Å²) in [5.74, 6) is -0.738. The molecule has 154 valence electrons. The minimum Gasteiger partial charge on any atom is -0.493 e. The maximum absolute atomic E-state index is 11.9. The largest absolute Gasteiger partial charge is 0.493 e. The number of amides is 2. The first-order chi connectivity index (χ1) is 13.9. The fourth-order valence-corrected chi connectivity index (χ4v) is 2.62. The summed E-state index contributed by atoms with van der Waals surface area (Å²) in [5.41, 5.74) is 4.78. The number of nitrogens with zero attached hydrogens (tertiary/aromatic N) is 1. The van der Waals surface area contributed by atoms with Crippen LogP contribution in [0.4, 0.5) is 0 Å². The van der Waals surface area contributed by atoms with E-state index >= 15 is 0 Å². The first kappa shape index (κ1) is 22.2. The van der Waals surface area contributed by atoms with Crippen LogP contribution in [0.5, 0.6) is 11.5 Å². The second kappa shape index (κ2) is 11.1. The Labute approximate surface area is 175 Å². The molecule has 2 rings (SSSR count). The fraction of sp³-hybridized carbons (Fsp3) is 0.286. The van der Waals surface area contributed by atoms with Crippen molar-refractivity contribution in [3.8, 4) is 11.5 Å². The van der Waals surface area contributed by atoms with Crippen LogP contribution in [-0.2, 0) is 16.1 Å². The van der Waals surface area contributed by atoms with E-state index in [2.05, 4.69) is 15.8 Å². The molecule has 2 amide bonds. The lowest BCUT2D eigenvalue weighted by Crippen LogP contribution is -2.37. The zero-order valence-corrected chi connectivity index (χ0v) is 17.4. The normalized spacial score (nSPS) is 10.6. The van der Waals surface area contributed by atoms with Gasteiger partial charge in [-0.3, -0.25) is 9.59 Å². The van der Waals surface area contributed by atoms with Gasteiger partial charge in [0, 0.05) is 6.54 Å². The van der Waals surface area contributed by atoms with Gasteiger partial charge in [-0.05, 0) is 36.6 Å². The van der Waals surface area contributed by atoms with Gasteiger partial charge in [0.25, 0.3) is 0 Å². The molecule has 0 spiro atoms. The lowest BCUT2D eigenvalue weighted by atomic mass is 10.1. The molecule has 0 aromatic heterocycles. The highest BCUT2D eigenvalue weighted by atomic mass is 35.5. The molecule has 0 radical (unpaired) electrons. The zero-order chi connectivity index (χ0) is 21.2. The predicted octanol–water partition coefficient (Wildman–Crippen LogP) is 3.21. The fourth-order valence-electron chi connectivity index (χ4n) is 2.34. The van der Waals surface area contributed by atoms with E-state index in [0.29, 0.717) is 28.7 Å². The molecule has 7 nitrogen and oxygen atoms in total. The summed E-state index contributed by atoms with van der Waals surface area (Å²) in [5, 5.41) is 6.70. The van der Waals surface area contributed by atoms with E-state index in [1.54, 1.807) is 12.1 Å². The van der Waals surface area contributed by atoms with Gasteiger partial charge in [0.1, 0.15) is 0 Å². The molecule has 0 aliphatic rings. The van der Waals surface area contributed by atoms with Crippen LogP contribution in [0.2, 0.25) is 5.02 Å². The Morgan fingerprint density at radius 2 is 1.90 bits per heavy atom. The third-order valence-corrected chi connectivity index (χ3v) is 4.14. The van der Waals surface area contributed by atoms with Crippen molar-refractivity contribution in [2.75, 3.05) is 13.7 Å². The number of carbonyl (C=O) groups excluding carboxylic acids is 2. The lowest BCUT2D eigenvalue weighted by molar-refractivity contribution is -0.139. The van der Waals surface area contributed by atoms with Gasteiger partial charge in [-0.15, -0.1) is 0 Å². The highest BCUT2D eigenvalue weighted by molar-refractivity contribution is 6.35. The number of nitrogens with one attached hydrogen (secondary N) is 2. The van der Waals surface area contributed by atoms with Crippen LogP contribution >= 0.6 is 11.6 Å². The minimum absolute atomic E-state index is 0.252. The minimum atomic E-state index is -0.866. The van der Waals surface area contributed by atoms with Crippen LogP contribution in [0.1, 0.15) is 30.0 Å². The number of hydrazone groups is 1. The van der Waals surface area contributed by atoms with Gasteiger partial charge >= 0.3 is 11.8 Å². The predicted molar refractivity (Wildman–Crippen MR) is 113 cm³/mol. The molecule has 0 aliphatic carbocycles. The van der Waals surface area contributed by atoms with E-state index in [1.807, 2.05) is 38.1 Å². The third-order valence-electron chi connectivity index (χ3n) is 3.86. The average Bonchev–Trinajstić information content (AvgIpc) is 2.71. The summed E-state index contributed by atoms with van der Waals surface area (Å²) in [4.78, 5) is 23.7. The second-order valence-corrected chi connectivity index (χ2v) is 6.66. The Morgan fingerprint density at radius 3 is 2.55 bits per heavy atom. The van der Waals surface area contributed by atoms with E-state index in [1.165, 1.54) is 13.3 Å². The van der Waals surface area contributed by atoms with Crippen LogP contribution in [0.25, 0.3) is 0 Å². The van der Waals surface area contributed by atoms with Crippen molar-refractivity contribution in [3.63, 3.8) is 0 Å². The Bertz CT molecular complexity index is 882. The average molecular weight is 418 g/mol. The summed E-state index contributed by atoms with van der Waals surface area (Å²) in [7, 11) is 1.51. The number of rotatable bonds is 8. The molecule has 0 aliphatic heterocycles. The van der Waals surface area contributed by atoms with Crippen LogP contribution in [0, 0.1) is 6.92 Å². The van der Waals surface area contributed by atoms with E-state index in [9.17, 15) is 9.59 Å². The molecule has 0 saturated carbocycles. The van der Waals surface area contributed by atoms with Crippen molar-refractivity contribution >= 4 is 29.6 Å². The second-order valence-electron chi connectivity index (χ2n) is 6.25. The molecule has 2 N–H and O–H groups in total. The summed E-state index contributed by atoms with van der Waals surface area (Å²) in [6, 6.07) is 10.9. The van der Waals surface area contributed by atoms with Gasteiger partial charge in [-0.2, -0.15) is 5.10 Å². The lowest BCUT2D eigenvalue weighted by Gasteiger charge is -2.12. The molecule has 0 bridgehead atoms. The number of halogens is 1. The first-order valence-electron chi connectivity index (χ1n) is 9.11. The van der Waals surface area contributed by atoms with Crippen LogP contribution < -0.4 is 20.2 Å². The van der Waals surface area contributed by atoms with Crippen molar-refractivity contribution in [2.45, 2.75) is 26.8 Å². The standard InChI is InChI=1S/C21H24ClN3O4/c1-4-9-29-19-17(22)10-16(11-18(19)28-3)13-24-25-21(27)20(26)23-12-15-7-5-14(2)6-8-15/h5-8,10-11,13H,4,9,12H2,1-3H3,(H,23,26)(H,25,27)/b24-13-. The van der Waals surface area contributed by atoms with Crippen molar-refractivity contribution < 1.29 is 19.1 Å². The molecule has 0 unspecified atom stereocenters. The number of aryl methyl sites for hydroxylation is 1. The van der Waals surface area contributed by atoms with Crippen molar-refractivity contribution in [1.29, 1.82) is 0 Å². The van der Waals surface area contributed by atoms with Crippen molar-refractivity contribution in [2.24, 2.45) is 5.10 Å². The monoisotopic (exact) mass is 417 g/mol. The van der Waals surface area contributed by atoms with Gasteiger partial charge < -0.3 is 14.8 Å². The summed E-state index contributed by atoms with van der Waals surface area (Å²) in [6.45, 7) is 4.73. The number of hydrogen-bond acceptors (Lipinski definition) is 5. The van der Waals surface area contributed by atoms with Gasteiger partial charge in [-0.1, -0.05) is 48.4 Å². The van der Waals surface area contributed by atoms with E-state index in [-0.39, 0.29) is 6.54 Å². The summed E-state index contributed by atoms with van der Waals surface area (Å²) < 4.78 is 10.9. The zero-order valence-electron chi connectivity index (χ0n) is 16.6. The SMILES string of the molecule is CCCOc1c(Cl)cc(/C=N\NC(=O)C(=O)NCc2ccc(C)cc2)cc1OC. The van der Waals surface area contributed by atoms with E-state index in [0.717, 1.165) is 17.5 Å². The maximum Gasteiger partial charge on any atom is 0.329 e. The summed E-state index contributed by atoms with van der Waals surface area (Å²) >= 11 is 6.23. The summed E-state index contributed by atoms with van der Waals surface area (Å²) in [6.07, 6.45) is 2.20. The van der Waals surface area contributed by atoms with Gasteiger partial charge in [-0.25, -0.2) is 5.43 Å². The van der Waals surface area contributed by atoms with E-state index in [4.69, 9.17) is 21.1 Å². The smallest absolute Gasteiger partial charge is 0.329 e. The molecule has 29 heavy (non-hydrogen) atoms. The quantitative estimate of drug-likeness (QED) is 0.392. The Kier molecular flexibility index (Phi) is 8.48. The number of methoxy groups -OCH3 is 1. The Morgan fingerprint density at radius 1 is 1.17 bits per heavy atom. The molecule has 0 fully saturated rings. The van der Waals surface area contributed by atoms with Gasteiger partial charge in [0.2, 0.25) is 0 Å². The number of benzene rings is 2. The van der Waals surface area contributed by atoms with Gasteiger partial charge in [0.05, 0.1) is 25.0 Å². The number of carbonyl (C=O) groups is 2.